The Kier molecular flexibility index (Phi) is 9.15. The molecule has 0 saturated carbocycles. The number of thiophene rings is 1. The first kappa shape index (κ1) is 26.1. The molecule has 180 valence electrons. The van der Waals surface area contributed by atoms with Crippen LogP contribution in [0.3, 0.4) is 0 Å². The van der Waals surface area contributed by atoms with E-state index in [0.29, 0.717) is 37.7 Å². The molecule has 3 rings (SSSR count). The van der Waals surface area contributed by atoms with Gasteiger partial charge in [-0.3, -0.25) is 4.79 Å². The second-order valence-corrected chi connectivity index (χ2v) is 8.62. The number of carbonyl (C=O) groups is 2. The lowest BCUT2D eigenvalue weighted by Crippen LogP contribution is -2.15. The van der Waals surface area contributed by atoms with Gasteiger partial charge in [-0.2, -0.15) is 5.26 Å². The van der Waals surface area contributed by atoms with Crippen molar-refractivity contribution in [3.05, 3.63) is 80.2 Å². The van der Waals surface area contributed by atoms with Gasteiger partial charge in [-0.15, -0.1) is 11.3 Å². The predicted molar refractivity (Wildman–Crippen MR) is 136 cm³/mol. The molecule has 35 heavy (non-hydrogen) atoms. The molecule has 0 atom stereocenters. The Bertz CT molecular complexity index is 1310. The van der Waals surface area contributed by atoms with E-state index in [9.17, 15) is 14.9 Å². The van der Waals surface area contributed by atoms with Crippen LogP contribution in [-0.4, -0.2) is 25.6 Å². The minimum Gasteiger partial charge on any atom is -0.496 e. The molecule has 0 fully saturated rings. The third kappa shape index (κ3) is 6.55. The van der Waals surface area contributed by atoms with Gasteiger partial charge in [-0.1, -0.05) is 35.3 Å². The molecule has 0 aliphatic heterocycles. The smallest absolute Gasteiger partial charge is 0.341 e. The van der Waals surface area contributed by atoms with Crippen LogP contribution in [0.5, 0.6) is 11.5 Å². The number of benzene rings is 2. The Hall–Kier alpha value is -3.51. The first-order chi connectivity index (χ1) is 16.9. The van der Waals surface area contributed by atoms with Crippen molar-refractivity contribution in [3.63, 3.8) is 0 Å². The lowest BCUT2D eigenvalue weighted by Gasteiger charge is -2.13. The van der Waals surface area contributed by atoms with Crippen LogP contribution in [0.1, 0.15) is 28.4 Å². The highest BCUT2D eigenvalue weighted by molar-refractivity contribution is 7.14. The maximum atomic E-state index is 12.7. The summed E-state index contributed by atoms with van der Waals surface area (Å²) in [6, 6.07) is 13.7. The standard InChI is InChI=1S/C25H20Cl2N2O5S/c1-3-33-25(31)18-9-10-35-24(18)29-23(30)16(13-28)11-15-7-8-20(32-2)17(12-15)14-34-21-6-4-5-19(26)22(21)27/h4-12H,3,14H2,1-2H3,(H,29,30)/b16-11-. The van der Waals surface area contributed by atoms with Crippen molar-refractivity contribution in [2.24, 2.45) is 0 Å². The Morgan fingerprint density at radius 2 is 1.97 bits per heavy atom. The minimum absolute atomic E-state index is 0.108. The number of anilines is 1. The van der Waals surface area contributed by atoms with Crippen molar-refractivity contribution < 1.29 is 23.8 Å². The average molecular weight is 531 g/mol. The molecule has 1 aromatic heterocycles. The Morgan fingerprint density at radius 1 is 1.17 bits per heavy atom. The van der Waals surface area contributed by atoms with Gasteiger partial charge in [0.2, 0.25) is 0 Å². The zero-order valence-electron chi connectivity index (χ0n) is 18.8. The molecule has 0 unspecified atom stereocenters. The fourth-order valence-corrected chi connectivity index (χ4v) is 4.13. The number of ether oxygens (including phenoxy) is 3. The van der Waals surface area contributed by atoms with Crippen LogP contribution in [0.15, 0.2) is 53.4 Å². The van der Waals surface area contributed by atoms with Gasteiger partial charge < -0.3 is 19.5 Å². The van der Waals surface area contributed by atoms with Gasteiger partial charge in [0, 0.05) is 5.56 Å². The summed E-state index contributed by atoms with van der Waals surface area (Å²) in [6.07, 6.45) is 1.43. The summed E-state index contributed by atoms with van der Waals surface area (Å²) < 4.78 is 16.2. The van der Waals surface area contributed by atoms with Gasteiger partial charge in [0.15, 0.2) is 0 Å². The summed E-state index contributed by atoms with van der Waals surface area (Å²) in [6.45, 7) is 2.01. The molecule has 0 aliphatic rings. The van der Waals surface area contributed by atoms with Crippen LogP contribution >= 0.6 is 34.5 Å². The highest BCUT2D eigenvalue weighted by Gasteiger charge is 2.18. The van der Waals surface area contributed by atoms with Crippen molar-refractivity contribution in [1.29, 1.82) is 5.26 Å². The third-order valence-electron chi connectivity index (χ3n) is 4.67. The largest absolute Gasteiger partial charge is 0.496 e. The van der Waals surface area contributed by atoms with E-state index < -0.39 is 11.9 Å². The normalized spacial score (nSPS) is 10.9. The molecule has 1 N–H and O–H groups in total. The Labute approximate surface area is 216 Å². The number of rotatable bonds is 9. The second kappa shape index (κ2) is 12.3. The highest BCUT2D eigenvalue weighted by Crippen LogP contribution is 2.33. The average Bonchev–Trinajstić information content (AvgIpc) is 3.31. The first-order valence-corrected chi connectivity index (χ1v) is 11.9. The Morgan fingerprint density at radius 3 is 2.69 bits per heavy atom. The van der Waals surface area contributed by atoms with Gasteiger partial charge in [0.05, 0.1) is 24.3 Å². The zero-order chi connectivity index (χ0) is 25.4. The summed E-state index contributed by atoms with van der Waals surface area (Å²) in [5.41, 5.74) is 1.32. The quantitative estimate of drug-likeness (QED) is 0.196. The molecule has 0 bridgehead atoms. The van der Waals surface area contributed by atoms with Gasteiger partial charge >= 0.3 is 5.97 Å². The van der Waals surface area contributed by atoms with Gasteiger partial charge in [-0.05, 0) is 54.3 Å². The number of amides is 1. The maximum absolute atomic E-state index is 12.7. The van der Waals surface area contributed by atoms with Crippen LogP contribution < -0.4 is 14.8 Å². The number of nitrogens with zero attached hydrogens (tertiary/aromatic N) is 1. The summed E-state index contributed by atoms with van der Waals surface area (Å²) >= 11 is 13.4. The van der Waals surface area contributed by atoms with Gasteiger partial charge in [0.1, 0.15) is 39.8 Å². The molecule has 1 heterocycles. The fraction of sp³-hybridized carbons (Fsp3) is 0.160. The van der Waals surface area contributed by atoms with Crippen molar-refractivity contribution in [3.8, 4) is 17.6 Å². The van der Waals surface area contributed by atoms with Crippen LogP contribution in [0, 0.1) is 11.3 Å². The number of methoxy groups -OCH3 is 1. The first-order valence-electron chi connectivity index (χ1n) is 10.3. The van der Waals surface area contributed by atoms with E-state index >= 15 is 0 Å². The van der Waals surface area contributed by atoms with Crippen LogP contribution in [-0.2, 0) is 16.1 Å². The van der Waals surface area contributed by atoms with E-state index in [1.54, 1.807) is 54.8 Å². The zero-order valence-corrected chi connectivity index (χ0v) is 21.1. The molecule has 0 radical (unpaired) electrons. The number of halogens is 2. The molecular formula is C25H20Cl2N2O5S. The highest BCUT2D eigenvalue weighted by atomic mass is 35.5. The lowest BCUT2D eigenvalue weighted by atomic mass is 10.1. The maximum Gasteiger partial charge on any atom is 0.341 e. The van der Waals surface area contributed by atoms with E-state index in [1.807, 2.05) is 6.07 Å². The van der Waals surface area contributed by atoms with E-state index in [-0.39, 0.29) is 24.4 Å². The minimum atomic E-state index is -0.653. The van der Waals surface area contributed by atoms with Gasteiger partial charge in [-0.25, -0.2) is 4.79 Å². The molecule has 10 heteroatoms. The molecule has 3 aromatic rings. The number of hydrogen-bond acceptors (Lipinski definition) is 7. The second-order valence-electron chi connectivity index (χ2n) is 6.92. The number of esters is 1. The van der Waals surface area contributed by atoms with E-state index in [2.05, 4.69) is 5.32 Å². The van der Waals surface area contributed by atoms with E-state index in [0.717, 1.165) is 11.3 Å². The molecule has 2 aromatic carbocycles. The SMILES string of the molecule is CCOC(=O)c1ccsc1NC(=O)/C(C#N)=C\c1ccc(OC)c(COc2cccc(Cl)c2Cl)c1. The summed E-state index contributed by atoms with van der Waals surface area (Å²) in [5, 5.41) is 14.8. The number of hydrogen-bond donors (Lipinski definition) is 1. The third-order valence-corrected chi connectivity index (χ3v) is 6.30. The van der Waals surface area contributed by atoms with Crippen LogP contribution in [0.2, 0.25) is 10.0 Å². The van der Waals surface area contributed by atoms with Crippen LogP contribution in [0.4, 0.5) is 5.00 Å². The molecular weight excluding hydrogens is 511 g/mol. The molecule has 0 aliphatic carbocycles. The van der Waals surface area contributed by atoms with Crippen molar-refractivity contribution in [2.45, 2.75) is 13.5 Å². The van der Waals surface area contributed by atoms with Crippen molar-refractivity contribution in [2.75, 3.05) is 19.0 Å². The number of carbonyl (C=O) groups excluding carboxylic acids is 2. The lowest BCUT2D eigenvalue weighted by molar-refractivity contribution is -0.112. The van der Waals surface area contributed by atoms with Crippen molar-refractivity contribution >= 4 is 57.5 Å². The number of nitriles is 1. The monoisotopic (exact) mass is 530 g/mol. The summed E-state index contributed by atoms with van der Waals surface area (Å²) in [5.74, 6) is -0.237. The van der Waals surface area contributed by atoms with Gasteiger partial charge in [0.25, 0.3) is 5.91 Å². The Balaban J connectivity index is 1.81. The van der Waals surface area contributed by atoms with E-state index in [1.165, 1.54) is 13.2 Å². The number of nitrogens with one attached hydrogen (secondary N) is 1. The molecule has 7 nitrogen and oxygen atoms in total. The topological polar surface area (TPSA) is 97.7 Å². The van der Waals surface area contributed by atoms with E-state index in [4.69, 9.17) is 37.4 Å². The van der Waals surface area contributed by atoms with Crippen LogP contribution in [0.25, 0.3) is 6.08 Å². The van der Waals surface area contributed by atoms with Crippen molar-refractivity contribution in [1.82, 2.24) is 0 Å². The summed E-state index contributed by atoms with van der Waals surface area (Å²) in [4.78, 5) is 24.8. The summed E-state index contributed by atoms with van der Waals surface area (Å²) in [7, 11) is 1.52. The molecule has 0 saturated heterocycles. The molecule has 1 amide bonds. The fourth-order valence-electron chi connectivity index (χ4n) is 3.01. The predicted octanol–water partition coefficient (Wildman–Crippen LogP) is 6.36. The molecule has 0 spiro atoms.